The number of carboxylic acid groups (broad SMARTS) is 1. The smallest absolute Gasteiger partial charge is 0.322 e. The number of hydrogen-bond donors (Lipinski definition) is 1. The summed E-state index contributed by atoms with van der Waals surface area (Å²) in [6, 6.07) is 21.8. The van der Waals surface area contributed by atoms with E-state index in [0.29, 0.717) is 11.4 Å². The van der Waals surface area contributed by atoms with Gasteiger partial charge in [-0.25, -0.2) is 8.42 Å². The molecule has 7 heteroatoms. The average Bonchev–Trinajstić information content (AvgIpc) is 3.22. The minimum atomic E-state index is -3.95. The van der Waals surface area contributed by atoms with Crippen molar-refractivity contribution in [3.05, 3.63) is 89.4 Å². The van der Waals surface area contributed by atoms with Crippen molar-refractivity contribution in [3.63, 3.8) is 0 Å². The zero-order chi connectivity index (χ0) is 21.3. The van der Waals surface area contributed by atoms with Gasteiger partial charge in [0.15, 0.2) is 0 Å². The van der Waals surface area contributed by atoms with E-state index in [4.69, 9.17) is 11.6 Å². The third-order valence-corrected chi connectivity index (χ3v) is 7.62. The predicted octanol–water partition coefficient (Wildman–Crippen LogP) is 4.64. The van der Waals surface area contributed by atoms with Crippen molar-refractivity contribution < 1.29 is 18.3 Å². The summed E-state index contributed by atoms with van der Waals surface area (Å²) >= 11 is 5.92. The van der Waals surface area contributed by atoms with Crippen molar-refractivity contribution in [3.8, 4) is 11.1 Å². The molecule has 0 spiro atoms. The molecule has 0 bridgehead atoms. The first kappa shape index (κ1) is 20.6. The normalized spacial score (nSPS) is 19.6. The van der Waals surface area contributed by atoms with Gasteiger partial charge in [-0.2, -0.15) is 4.31 Å². The fourth-order valence-electron chi connectivity index (χ4n) is 3.98. The highest BCUT2D eigenvalue weighted by atomic mass is 35.5. The summed E-state index contributed by atoms with van der Waals surface area (Å²) < 4.78 is 27.6. The van der Waals surface area contributed by atoms with Crippen LogP contribution in [0.3, 0.4) is 0 Å². The number of hydrogen-bond acceptors (Lipinski definition) is 3. The van der Waals surface area contributed by atoms with Gasteiger partial charge in [0.25, 0.3) is 0 Å². The van der Waals surface area contributed by atoms with Crippen LogP contribution in [0.4, 0.5) is 0 Å². The maximum absolute atomic E-state index is 13.3. The lowest BCUT2D eigenvalue weighted by molar-refractivity contribution is -0.141. The summed E-state index contributed by atoms with van der Waals surface area (Å²) in [7, 11) is -3.95. The molecule has 3 aromatic rings. The van der Waals surface area contributed by atoms with E-state index in [9.17, 15) is 18.3 Å². The van der Waals surface area contributed by atoms with E-state index < -0.39 is 22.0 Å². The van der Waals surface area contributed by atoms with Crippen LogP contribution in [0.25, 0.3) is 11.1 Å². The van der Waals surface area contributed by atoms with Crippen molar-refractivity contribution >= 4 is 27.6 Å². The lowest BCUT2D eigenvalue weighted by atomic mass is 9.92. The van der Waals surface area contributed by atoms with Gasteiger partial charge in [-0.3, -0.25) is 4.79 Å². The molecule has 1 N–H and O–H groups in total. The third kappa shape index (κ3) is 3.86. The Labute approximate surface area is 180 Å². The van der Waals surface area contributed by atoms with Crippen LogP contribution < -0.4 is 0 Å². The molecule has 1 fully saturated rings. The van der Waals surface area contributed by atoms with Gasteiger partial charge < -0.3 is 5.11 Å². The quantitative estimate of drug-likeness (QED) is 0.626. The van der Waals surface area contributed by atoms with Crippen LogP contribution >= 0.6 is 11.6 Å². The Hall–Kier alpha value is -2.67. The van der Waals surface area contributed by atoms with Crippen LogP contribution in [-0.2, 0) is 14.8 Å². The number of rotatable bonds is 5. The highest BCUT2D eigenvalue weighted by Crippen LogP contribution is 2.37. The second-order valence-electron chi connectivity index (χ2n) is 7.24. The molecule has 30 heavy (non-hydrogen) atoms. The SMILES string of the molecule is O=C(O)[C@@H]1[C@@H](c2ccccc2)CCN1S(=O)(=O)c1ccc(-c2ccc(Cl)cc2)cc1. The Balaban J connectivity index is 1.64. The van der Waals surface area contributed by atoms with E-state index in [1.54, 1.807) is 24.3 Å². The van der Waals surface area contributed by atoms with Gasteiger partial charge in [0.05, 0.1) is 4.90 Å². The molecule has 0 amide bonds. The maximum atomic E-state index is 13.3. The molecule has 0 aromatic heterocycles. The van der Waals surface area contributed by atoms with E-state index in [2.05, 4.69) is 0 Å². The van der Waals surface area contributed by atoms with Gasteiger partial charge in [0, 0.05) is 17.5 Å². The number of aliphatic carboxylic acids is 1. The molecular formula is C23H20ClNO4S. The molecule has 0 radical (unpaired) electrons. The minimum absolute atomic E-state index is 0.0835. The highest BCUT2D eigenvalue weighted by Gasteiger charge is 2.46. The Bertz CT molecular complexity index is 1150. The number of benzene rings is 3. The second-order valence-corrected chi connectivity index (χ2v) is 9.56. The molecule has 2 atom stereocenters. The number of halogens is 1. The first-order chi connectivity index (χ1) is 14.4. The maximum Gasteiger partial charge on any atom is 0.322 e. The van der Waals surface area contributed by atoms with E-state index >= 15 is 0 Å². The molecule has 5 nitrogen and oxygen atoms in total. The van der Waals surface area contributed by atoms with Gasteiger partial charge in [-0.15, -0.1) is 0 Å². The molecule has 154 valence electrons. The first-order valence-corrected chi connectivity index (χ1v) is 11.4. The molecule has 1 aliphatic heterocycles. The zero-order valence-electron chi connectivity index (χ0n) is 16.0. The highest BCUT2D eigenvalue weighted by molar-refractivity contribution is 7.89. The summed E-state index contributed by atoms with van der Waals surface area (Å²) in [5.74, 6) is -1.52. The largest absolute Gasteiger partial charge is 0.480 e. The van der Waals surface area contributed by atoms with E-state index in [1.807, 2.05) is 42.5 Å². The van der Waals surface area contributed by atoms with Crippen LogP contribution in [-0.4, -0.2) is 36.4 Å². The van der Waals surface area contributed by atoms with Gasteiger partial charge in [-0.1, -0.05) is 66.2 Å². The summed E-state index contributed by atoms with van der Waals surface area (Å²) in [5.41, 5.74) is 2.60. The third-order valence-electron chi connectivity index (χ3n) is 5.47. The Morgan fingerprint density at radius 2 is 1.47 bits per heavy atom. The van der Waals surface area contributed by atoms with Gasteiger partial charge >= 0.3 is 5.97 Å². The van der Waals surface area contributed by atoms with E-state index in [0.717, 1.165) is 21.0 Å². The minimum Gasteiger partial charge on any atom is -0.480 e. The summed E-state index contributed by atoms with van der Waals surface area (Å²) in [5, 5.41) is 10.4. The average molecular weight is 442 g/mol. The number of carboxylic acids is 1. The summed E-state index contributed by atoms with van der Waals surface area (Å²) in [4.78, 5) is 12.1. The predicted molar refractivity (Wildman–Crippen MR) is 116 cm³/mol. The Morgan fingerprint density at radius 1 is 0.900 bits per heavy atom. The van der Waals surface area contributed by atoms with Gasteiger partial charge in [-0.05, 0) is 47.4 Å². The molecule has 1 saturated heterocycles. The number of sulfonamides is 1. The Kier molecular flexibility index (Phi) is 5.64. The van der Waals surface area contributed by atoms with Crippen molar-refractivity contribution in [1.29, 1.82) is 0 Å². The molecule has 4 rings (SSSR count). The fraction of sp³-hybridized carbons (Fsp3) is 0.174. The molecule has 1 aliphatic rings. The van der Waals surface area contributed by atoms with Crippen molar-refractivity contribution in [2.75, 3.05) is 6.54 Å². The molecule has 3 aromatic carbocycles. The van der Waals surface area contributed by atoms with Crippen molar-refractivity contribution in [2.45, 2.75) is 23.3 Å². The van der Waals surface area contributed by atoms with Crippen molar-refractivity contribution in [2.24, 2.45) is 0 Å². The second kappa shape index (κ2) is 8.22. The molecule has 1 heterocycles. The van der Waals surface area contributed by atoms with Crippen LogP contribution in [0.5, 0.6) is 0 Å². The fourth-order valence-corrected chi connectivity index (χ4v) is 5.73. The molecule has 0 unspecified atom stereocenters. The Morgan fingerprint density at radius 3 is 2.03 bits per heavy atom. The van der Waals surface area contributed by atoms with Gasteiger partial charge in [0.1, 0.15) is 6.04 Å². The molecular weight excluding hydrogens is 422 g/mol. The van der Waals surface area contributed by atoms with Crippen LogP contribution in [0.2, 0.25) is 5.02 Å². The van der Waals surface area contributed by atoms with E-state index in [-0.39, 0.29) is 17.4 Å². The van der Waals surface area contributed by atoms with Crippen LogP contribution in [0, 0.1) is 0 Å². The van der Waals surface area contributed by atoms with E-state index in [1.165, 1.54) is 12.1 Å². The molecule has 0 saturated carbocycles. The standard InChI is InChI=1S/C23H20ClNO4S/c24-19-10-6-16(7-11-19)17-8-12-20(13-9-17)30(28,29)25-15-14-21(22(25)23(26)27)18-4-2-1-3-5-18/h1-13,21-22H,14-15H2,(H,26,27)/t21-,22+/m1/s1. The lowest BCUT2D eigenvalue weighted by Crippen LogP contribution is -2.42. The number of nitrogens with zero attached hydrogens (tertiary/aromatic N) is 1. The monoisotopic (exact) mass is 441 g/mol. The summed E-state index contributed by atoms with van der Waals surface area (Å²) in [6.45, 7) is 0.164. The number of carbonyl (C=O) groups is 1. The summed E-state index contributed by atoms with van der Waals surface area (Å²) in [6.07, 6.45) is 0.461. The first-order valence-electron chi connectivity index (χ1n) is 9.53. The van der Waals surface area contributed by atoms with Crippen LogP contribution in [0.15, 0.2) is 83.8 Å². The lowest BCUT2D eigenvalue weighted by Gasteiger charge is -2.24. The molecule has 0 aliphatic carbocycles. The zero-order valence-corrected chi connectivity index (χ0v) is 17.6. The topological polar surface area (TPSA) is 74.7 Å². The van der Waals surface area contributed by atoms with Crippen molar-refractivity contribution in [1.82, 2.24) is 4.31 Å². The van der Waals surface area contributed by atoms with Crippen LogP contribution in [0.1, 0.15) is 17.9 Å². The van der Waals surface area contributed by atoms with Gasteiger partial charge in [0.2, 0.25) is 10.0 Å².